The molecule has 0 unspecified atom stereocenters. The molecule has 1 aliphatic rings. The third-order valence-corrected chi connectivity index (χ3v) is 8.58. The number of esters is 1. The number of amides is 1. The molecule has 0 bridgehead atoms. The van der Waals surface area contributed by atoms with Gasteiger partial charge in [-0.25, -0.2) is 4.79 Å². The molecule has 1 N–H and O–H groups in total. The van der Waals surface area contributed by atoms with Crippen molar-refractivity contribution in [2.45, 2.75) is 64.1 Å². The normalized spacial score (nSPS) is 13.4. The Morgan fingerprint density at radius 3 is 2.79 bits per heavy atom. The van der Waals surface area contributed by atoms with Crippen molar-refractivity contribution in [2.75, 3.05) is 18.2 Å². The molecule has 0 aromatic carbocycles. The lowest BCUT2D eigenvalue weighted by Gasteiger charge is -2.09. The van der Waals surface area contributed by atoms with Crippen LogP contribution >= 0.6 is 34.4 Å². The summed E-state index contributed by atoms with van der Waals surface area (Å²) in [6.45, 7) is 4.96. The van der Waals surface area contributed by atoms with E-state index in [2.05, 4.69) is 45.4 Å². The van der Waals surface area contributed by atoms with Gasteiger partial charge in [0.1, 0.15) is 5.00 Å². The summed E-state index contributed by atoms with van der Waals surface area (Å²) in [6.07, 6.45) is 6.06. The van der Waals surface area contributed by atoms with Gasteiger partial charge in [0, 0.05) is 27.2 Å². The molecule has 33 heavy (non-hydrogen) atoms. The Morgan fingerprint density at radius 2 is 2.06 bits per heavy atom. The molecule has 3 heterocycles. The van der Waals surface area contributed by atoms with Crippen LogP contribution in [0.2, 0.25) is 0 Å². The number of thiophene rings is 2. The molecule has 0 fully saturated rings. The van der Waals surface area contributed by atoms with Crippen LogP contribution in [0.1, 0.15) is 58.3 Å². The molecule has 0 saturated carbocycles. The van der Waals surface area contributed by atoms with Crippen LogP contribution in [0.5, 0.6) is 0 Å². The van der Waals surface area contributed by atoms with E-state index in [-0.39, 0.29) is 17.6 Å². The van der Waals surface area contributed by atoms with Crippen LogP contribution in [-0.4, -0.2) is 39.5 Å². The van der Waals surface area contributed by atoms with Crippen molar-refractivity contribution in [3.05, 3.63) is 32.3 Å². The van der Waals surface area contributed by atoms with Crippen LogP contribution in [0.3, 0.4) is 0 Å². The van der Waals surface area contributed by atoms with Gasteiger partial charge in [0.15, 0.2) is 11.0 Å². The molecular formula is C23H28N4O3S3. The number of aromatic nitrogens is 3. The number of fused-ring (bicyclic) bond motifs is 1. The Morgan fingerprint density at radius 1 is 1.24 bits per heavy atom. The summed E-state index contributed by atoms with van der Waals surface area (Å²) in [4.78, 5) is 27.8. The van der Waals surface area contributed by atoms with Crippen molar-refractivity contribution in [3.63, 3.8) is 0 Å². The number of rotatable bonds is 8. The first-order valence-corrected chi connectivity index (χ1v) is 13.8. The van der Waals surface area contributed by atoms with Crippen molar-refractivity contribution >= 4 is 51.3 Å². The van der Waals surface area contributed by atoms with Crippen molar-refractivity contribution in [1.82, 2.24) is 14.8 Å². The number of nitrogens with one attached hydrogen (secondary N) is 1. The summed E-state index contributed by atoms with van der Waals surface area (Å²) < 4.78 is 7.11. The monoisotopic (exact) mass is 504 g/mol. The lowest BCUT2D eigenvalue weighted by atomic mass is 10.1. The zero-order valence-electron chi connectivity index (χ0n) is 19.1. The van der Waals surface area contributed by atoms with Crippen molar-refractivity contribution in [3.8, 4) is 11.4 Å². The second-order valence-electron chi connectivity index (χ2n) is 8.00. The van der Waals surface area contributed by atoms with E-state index < -0.39 is 0 Å². The van der Waals surface area contributed by atoms with Crippen molar-refractivity contribution in [2.24, 2.45) is 0 Å². The number of ether oxygens (including phenoxy) is 1. The number of anilines is 1. The van der Waals surface area contributed by atoms with Gasteiger partial charge in [-0.1, -0.05) is 25.1 Å². The molecule has 10 heteroatoms. The molecular weight excluding hydrogens is 476 g/mol. The molecule has 0 spiro atoms. The number of nitrogens with zero attached hydrogens (tertiary/aromatic N) is 3. The van der Waals surface area contributed by atoms with E-state index in [4.69, 9.17) is 4.74 Å². The van der Waals surface area contributed by atoms with E-state index in [1.165, 1.54) is 40.0 Å². The largest absolute Gasteiger partial charge is 0.465 e. The number of hydrogen-bond donors (Lipinski definition) is 1. The predicted octanol–water partition coefficient (Wildman–Crippen LogP) is 5.57. The molecule has 0 radical (unpaired) electrons. The standard InChI is InChI=1S/C23H28N4O3S3/c1-4-10-27-20(15-11-14(2)31-12-15)25-26-23(27)32-13-18(28)24-21-19(22(29)30-3)16-8-6-5-7-9-17(16)33-21/h11-12H,4-10,13H2,1-3H3,(H,24,28). The number of thioether (sulfide) groups is 1. The van der Waals surface area contributed by atoms with E-state index in [0.717, 1.165) is 67.2 Å². The average Bonchev–Trinajstić information content (AvgIpc) is 3.45. The minimum Gasteiger partial charge on any atom is -0.465 e. The summed E-state index contributed by atoms with van der Waals surface area (Å²) in [5.41, 5.74) is 2.63. The van der Waals surface area contributed by atoms with Gasteiger partial charge in [-0.3, -0.25) is 4.79 Å². The minimum atomic E-state index is -0.379. The highest BCUT2D eigenvalue weighted by Gasteiger charge is 2.26. The summed E-state index contributed by atoms with van der Waals surface area (Å²) in [5.74, 6) is 0.476. The van der Waals surface area contributed by atoms with Crippen LogP contribution < -0.4 is 5.32 Å². The van der Waals surface area contributed by atoms with E-state index in [9.17, 15) is 9.59 Å². The van der Waals surface area contributed by atoms with Crippen LogP contribution in [0, 0.1) is 6.92 Å². The number of hydrogen-bond acceptors (Lipinski definition) is 8. The highest BCUT2D eigenvalue weighted by atomic mass is 32.2. The van der Waals surface area contributed by atoms with Crippen LogP contribution in [0.15, 0.2) is 16.6 Å². The van der Waals surface area contributed by atoms with E-state index >= 15 is 0 Å². The van der Waals surface area contributed by atoms with Crippen LogP contribution in [-0.2, 0) is 28.9 Å². The highest BCUT2D eigenvalue weighted by molar-refractivity contribution is 7.99. The number of methoxy groups -OCH3 is 1. The summed E-state index contributed by atoms with van der Waals surface area (Å²) >= 11 is 4.56. The molecule has 1 aliphatic carbocycles. The SMILES string of the molecule is CCCn1c(SCC(=O)Nc2sc3c(c2C(=O)OC)CCCCC3)nnc1-c1csc(C)c1. The topological polar surface area (TPSA) is 86.1 Å². The van der Waals surface area contributed by atoms with Crippen LogP contribution in [0.4, 0.5) is 5.00 Å². The zero-order valence-corrected chi connectivity index (χ0v) is 21.6. The van der Waals surface area contributed by atoms with Crippen molar-refractivity contribution in [1.29, 1.82) is 0 Å². The molecule has 4 rings (SSSR count). The maximum Gasteiger partial charge on any atom is 0.341 e. The third kappa shape index (κ3) is 5.33. The van der Waals surface area contributed by atoms with Gasteiger partial charge in [-0.15, -0.1) is 32.9 Å². The average molecular weight is 505 g/mol. The lowest BCUT2D eigenvalue weighted by molar-refractivity contribution is -0.113. The maximum absolute atomic E-state index is 12.8. The lowest BCUT2D eigenvalue weighted by Crippen LogP contribution is -2.16. The second kappa shape index (κ2) is 10.8. The molecule has 176 valence electrons. The first-order valence-electron chi connectivity index (χ1n) is 11.2. The fourth-order valence-electron chi connectivity index (χ4n) is 4.04. The highest BCUT2D eigenvalue weighted by Crippen LogP contribution is 2.38. The number of carbonyl (C=O) groups is 2. The zero-order chi connectivity index (χ0) is 23.4. The van der Waals surface area contributed by atoms with Gasteiger partial charge in [0.25, 0.3) is 0 Å². The smallest absolute Gasteiger partial charge is 0.341 e. The summed E-state index contributed by atoms with van der Waals surface area (Å²) in [7, 11) is 1.39. The molecule has 3 aromatic heterocycles. The Kier molecular flexibility index (Phi) is 7.87. The Balaban J connectivity index is 1.49. The van der Waals surface area contributed by atoms with Crippen LogP contribution in [0.25, 0.3) is 11.4 Å². The fourth-order valence-corrected chi connectivity index (χ4v) is 6.78. The van der Waals surface area contributed by atoms with Gasteiger partial charge >= 0.3 is 5.97 Å². The minimum absolute atomic E-state index is 0.166. The Labute approximate surface area is 206 Å². The quantitative estimate of drug-likeness (QED) is 0.245. The summed E-state index contributed by atoms with van der Waals surface area (Å²) in [6, 6.07) is 2.11. The second-order valence-corrected chi connectivity index (χ2v) is 11.2. The fraction of sp³-hybridized carbons (Fsp3) is 0.478. The molecule has 3 aromatic rings. The number of carbonyl (C=O) groups excluding carboxylic acids is 2. The van der Waals surface area contributed by atoms with Gasteiger partial charge in [0.2, 0.25) is 5.91 Å². The predicted molar refractivity (Wildman–Crippen MR) is 135 cm³/mol. The Hall–Kier alpha value is -2.17. The number of aryl methyl sites for hydroxylation is 2. The molecule has 0 saturated heterocycles. The molecule has 0 aliphatic heterocycles. The van der Waals surface area contributed by atoms with E-state index in [1.54, 1.807) is 11.3 Å². The maximum atomic E-state index is 12.8. The van der Waals surface area contributed by atoms with Gasteiger partial charge in [-0.05, 0) is 50.7 Å². The Bertz CT molecular complexity index is 1150. The van der Waals surface area contributed by atoms with Gasteiger partial charge in [0.05, 0.1) is 18.4 Å². The van der Waals surface area contributed by atoms with E-state index in [0.29, 0.717) is 10.6 Å². The van der Waals surface area contributed by atoms with E-state index in [1.807, 2.05) is 0 Å². The molecule has 1 amide bonds. The first-order chi connectivity index (χ1) is 16.0. The third-order valence-electron chi connectivity index (χ3n) is 5.55. The van der Waals surface area contributed by atoms with Gasteiger partial charge in [-0.2, -0.15) is 0 Å². The summed E-state index contributed by atoms with van der Waals surface area (Å²) in [5, 5.41) is 15.1. The molecule has 7 nitrogen and oxygen atoms in total. The van der Waals surface area contributed by atoms with Crippen molar-refractivity contribution < 1.29 is 14.3 Å². The van der Waals surface area contributed by atoms with Gasteiger partial charge < -0.3 is 14.6 Å². The molecule has 0 atom stereocenters. The first kappa shape index (κ1) is 24.0.